The highest BCUT2D eigenvalue weighted by molar-refractivity contribution is 6.29. The van der Waals surface area contributed by atoms with Crippen LogP contribution >= 0.6 is 0 Å². The number of ether oxygens (including phenoxy) is 1. The molecule has 0 aliphatic heterocycles. The average Bonchev–Trinajstić information content (AvgIpc) is 2.95. The smallest absolute Gasteiger partial charge is 0.341 e. The van der Waals surface area contributed by atoms with Gasteiger partial charge in [-0.15, -0.1) is 0 Å². The first-order valence-electron chi connectivity index (χ1n) is 7.63. The van der Waals surface area contributed by atoms with Crippen LogP contribution < -0.4 is 0 Å². The summed E-state index contributed by atoms with van der Waals surface area (Å²) in [6.45, 7) is 1.88. The lowest BCUT2D eigenvalue weighted by atomic mass is 9.88. The molecule has 0 atom stereocenters. The Morgan fingerprint density at radius 2 is 1.83 bits per heavy atom. The Labute approximate surface area is 136 Å². The van der Waals surface area contributed by atoms with Crippen molar-refractivity contribution in [1.82, 2.24) is 4.98 Å². The van der Waals surface area contributed by atoms with Crippen LogP contribution in [0.5, 0.6) is 0 Å². The number of aromatic amines is 1. The van der Waals surface area contributed by atoms with Gasteiger partial charge in [0.1, 0.15) is 0 Å². The van der Waals surface area contributed by atoms with E-state index >= 15 is 0 Å². The molecule has 1 N–H and O–H groups in total. The Morgan fingerprint density at radius 3 is 2.62 bits per heavy atom. The molecule has 1 aliphatic rings. The van der Waals surface area contributed by atoms with Gasteiger partial charge >= 0.3 is 5.97 Å². The van der Waals surface area contributed by atoms with E-state index in [1.807, 2.05) is 24.3 Å². The first kappa shape index (κ1) is 14.4. The van der Waals surface area contributed by atoms with E-state index in [-0.39, 0.29) is 34.9 Å². The number of nitrogens with one attached hydrogen (secondary N) is 1. The summed E-state index contributed by atoms with van der Waals surface area (Å²) < 4.78 is 5.14. The molecule has 0 spiro atoms. The normalized spacial score (nSPS) is 13.5. The number of rotatable bonds is 2. The maximum Gasteiger partial charge on any atom is 0.341 e. The van der Waals surface area contributed by atoms with Crippen molar-refractivity contribution in [2.24, 2.45) is 0 Å². The number of fused-ring (bicyclic) bond motifs is 4. The lowest BCUT2D eigenvalue weighted by Gasteiger charge is -2.14. The fourth-order valence-corrected chi connectivity index (χ4v) is 3.17. The highest BCUT2D eigenvalue weighted by Gasteiger charge is 2.30. The Balaban J connectivity index is 2.19. The second kappa shape index (κ2) is 5.16. The molecule has 2 aromatic carbocycles. The number of benzene rings is 2. The fourth-order valence-electron chi connectivity index (χ4n) is 3.17. The Bertz CT molecular complexity index is 1070. The van der Waals surface area contributed by atoms with Crippen molar-refractivity contribution < 1.29 is 19.1 Å². The molecule has 0 saturated carbocycles. The quantitative estimate of drug-likeness (QED) is 0.734. The molecule has 0 unspecified atom stereocenters. The third kappa shape index (κ3) is 1.91. The van der Waals surface area contributed by atoms with Crippen molar-refractivity contribution in [2.45, 2.75) is 6.92 Å². The summed E-state index contributed by atoms with van der Waals surface area (Å²) in [6.07, 6.45) is 2.43. The van der Waals surface area contributed by atoms with Crippen LogP contribution in [0.25, 0.3) is 21.8 Å². The SMILES string of the molecule is CCOC(=O)c1c2c(cc3c1[nH]c1ccccc13)C(=O)C=CC2=O. The first-order valence-corrected chi connectivity index (χ1v) is 7.63. The van der Waals surface area contributed by atoms with E-state index in [2.05, 4.69) is 4.98 Å². The van der Waals surface area contributed by atoms with Crippen LogP contribution in [0.4, 0.5) is 0 Å². The molecule has 5 nitrogen and oxygen atoms in total. The van der Waals surface area contributed by atoms with Gasteiger partial charge in [-0.1, -0.05) is 18.2 Å². The van der Waals surface area contributed by atoms with Crippen molar-refractivity contribution in [3.8, 4) is 0 Å². The number of carbonyl (C=O) groups excluding carboxylic acids is 3. The standard InChI is InChI=1S/C19H13NO4/c1-2-24-19(23)17-16-12(14(21)7-8-15(16)22)9-11-10-5-3-4-6-13(10)20-18(11)17/h3-9,20H,2H2,1H3. The highest BCUT2D eigenvalue weighted by atomic mass is 16.5. The van der Waals surface area contributed by atoms with E-state index in [1.165, 1.54) is 12.2 Å². The molecule has 0 radical (unpaired) electrons. The molecule has 0 bridgehead atoms. The number of aromatic nitrogens is 1. The van der Waals surface area contributed by atoms with Gasteiger partial charge in [-0.25, -0.2) is 4.79 Å². The number of allylic oxidation sites excluding steroid dienone is 2. The summed E-state index contributed by atoms with van der Waals surface area (Å²) in [7, 11) is 0. The summed E-state index contributed by atoms with van der Waals surface area (Å²) in [5.74, 6) is -1.27. The minimum atomic E-state index is -0.609. The van der Waals surface area contributed by atoms with E-state index in [9.17, 15) is 14.4 Å². The zero-order valence-electron chi connectivity index (χ0n) is 12.9. The molecule has 0 amide bonds. The largest absolute Gasteiger partial charge is 0.462 e. The van der Waals surface area contributed by atoms with Crippen LogP contribution in [-0.2, 0) is 4.74 Å². The van der Waals surface area contributed by atoms with Crippen molar-refractivity contribution in [1.29, 1.82) is 0 Å². The van der Waals surface area contributed by atoms with Gasteiger partial charge in [0.15, 0.2) is 11.6 Å². The second-order valence-electron chi connectivity index (χ2n) is 5.55. The lowest BCUT2D eigenvalue weighted by Crippen LogP contribution is -2.19. The fraction of sp³-hybridized carbons (Fsp3) is 0.105. The predicted octanol–water partition coefficient (Wildman–Crippen LogP) is 3.43. The van der Waals surface area contributed by atoms with Crippen molar-refractivity contribution in [2.75, 3.05) is 6.61 Å². The lowest BCUT2D eigenvalue weighted by molar-refractivity contribution is 0.0525. The number of hydrogen-bond acceptors (Lipinski definition) is 4. The maximum atomic E-state index is 12.5. The third-order valence-corrected chi connectivity index (χ3v) is 4.18. The summed E-state index contributed by atoms with van der Waals surface area (Å²) in [4.78, 5) is 40.3. The van der Waals surface area contributed by atoms with Crippen LogP contribution in [0, 0.1) is 0 Å². The van der Waals surface area contributed by atoms with Crippen molar-refractivity contribution in [3.63, 3.8) is 0 Å². The minimum Gasteiger partial charge on any atom is -0.462 e. The molecule has 24 heavy (non-hydrogen) atoms. The summed E-state index contributed by atoms with van der Waals surface area (Å²) >= 11 is 0. The summed E-state index contributed by atoms with van der Waals surface area (Å²) in [5, 5.41) is 1.61. The van der Waals surface area contributed by atoms with Gasteiger partial charge in [0, 0.05) is 27.4 Å². The first-order chi connectivity index (χ1) is 11.6. The average molecular weight is 319 g/mol. The molecule has 0 fully saturated rings. The van der Waals surface area contributed by atoms with Crippen LogP contribution in [-0.4, -0.2) is 29.1 Å². The predicted molar refractivity (Wildman–Crippen MR) is 89.6 cm³/mol. The number of hydrogen-bond donors (Lipinski definition) is 1. The van der Waals surface area contributed by atoms with Gasteiger partial charge in [-0.2, -0.15) is 0 Å². The van der Waals surface area contributed by atoms with E-state index in [4.69, 9.17) is 4.74 Å². The molecule has 1 heterocycles. The van der Waals surface area contributed by atoms with E-state index < -0.39 is 5.97 Å². The second-order valence-corrected chi connectivity index (χ2v) is 5.55. The molecule has 3 aromatic rings. The molecular formula is C19H13NO4. The number of esters is 1. The van der Waals surface area contributed by atoms with Crippen molar-refractivity contribution in [3.05, 3.63) is 59.2 Å². The summed E-state index contributed by atoms with van der Waals surface area (Å²) in [5.41, 5.74) is 1.82. The van der Waals surface area contributed by atoms with Gasteiger partial charge in [0.05, 0.1) is 17.7 Å². The van der Waals surface area contributed by atoms with E-state index in [0.29, 0.717) is 5.52 Å². The maximum absolute atomic E-state index is 12.5. The Kier molecular flexibility index (Phi) is 3.09. The highest BCUT2D eigenvalue weighted by Crippen LogP contribution is 2.34. The number of ketones is 2. The number of carbonyl (C=O) groups is 3. The van der Waals surface area contributed by atoms with E-state index in [0.717, 1.165) is 16.3 Å². The summed E-state index contributed by atoms with van der Waals surface area (Å²) in [6, 6.07) is 9.22. The molecular weight excluding hydrogens is 306 g/mol. The van der Waals surface area contributed by atoms with E-state index in [1.54, 1.807) is 13.0 Å². The molecule has 118 valence electrons. The van der Waals surface area contributed by atoms with Gasteiger partial charge in [0.25, 0.3) is 0 Å². The third-order valence-electron chi connectivity index (χ3n) is 4.18. The zero-order valence-corrected chi connectivity index (χ0v) is 12.9. The topological polar surface area (TPSA) is 76.2 Å². The number of H-pyrrole nitrogens is 1. The van der Waals surface area contributed by atoms with Gasteiger partial charge in [-0.05, 0) is 31.2 Å². The molecule has 4 rings (SSSR count). The van der Waals surface area contributed by atoms with Crippen LogP contribution in [0.1, 0.15) is 38.0 Å². The molecule has 0 saturated heterocycles. The molecule has 5 heteroatoms. The van der Waals surface area contributed by atoms with Gasteiger partial charge in [-0.3, -0.25) is 9.59 Å². The van der Waals surface area contributed by atoms with Gasteiger partial charge in [0.2, 0.25) is 0 Å². The van der Waals surface area contributed by atoms with Crippen LogP contribution in [0.2, 0.25) is 0 Å². The molecule has 1 aromatic heterocycles. The Hall–Kier alpha value is -3.21. The minimum absolute atomic E-state index is 0.111. The Morgan fingerprint density at radius 1 is 1.08 bits per heavy atom. The zero-order chi connectivity index (χ0) is 16.8. The molecule has 1 aliphatic carbocycles. The number of para-hydroxylation sites is 1. The van der Waals surface area contributed by atoms with Crippen molar-refractivity contribution >= 4 is 39.3 Å². The van der Waals surface area contributed by atoms with Crippen LogP contribution in [0.3, 0.4) is 0 Å². The monoisotopic (exact) mass is 319 g/mol. The van der Waals surface area contributed by atoms with Crippen LogP contribution in [0.15, 0.2) is 42.5 Å². The van der Waals surface area contributed by atoms with Gasteiger partial charge < -0.3 is 9.72 Å².